The molecule has 1 aromatic rings. The van der Waals surface area contributed by atoms with E-state index in [1.807, 2.05) is 0 Å². The van der Waals surface area contributed by atoms with Crippen LogP contribution in [0.3, 0.4) is 0 Å². The minimum atomic E-state index is -0.168. The van der Waals surface area contributed by atoms with Crippen molar-refractivity contribution in [2.45, 2.75) is 0 Å². The zero-order valence-electron chi connectivity index (χ0n) is 11.0. The quantitative estimate of drug-likeness (QED) is 0.516. The largest absolute Gasteiger partial charge is 0.508 e. The molecule has 0 aromatic heterocycles. The number of benzene rings is 1. The number of hydrogen-bond donors (Lipinski definition) is 3. The summed E-state index contributed by atoms with van der Waals surface area (Å²) in [5.74, 6) is 0.558. The number of nitrogens with one attached hydrogen (secondary N) is 2. The standard InChI is InChI=1S/C10H7NO2S2.C3H3NOS2/c12-7-3-1-6(2-4-7)5-8-9(13)11-10(14)15-8;5-2-1-7-3(6)4-2/h1-5,12H,(H,11,13,14);1H2,(H,4,5,6)/b8-5-;. The summed E-state index contributed by atoms with van der Waals surface area (Å²) >= 11 is 12.1. The molecule has 2 fully saturated rings. The Morgan fingerprint density at radius 2 is 1.77 bits per heavy atom. The third kappa shape index (κ3) is 5.09. The fourth-order valence-corrected chi connectivity index (χ4v) is 3.32. The smallest absolute Gasteiger partial charge is 0.263 e. The third-order valence-electron chi connectivity index (χ3n) is 2.41. The van der Waals surface area contributed by atoms with Crippen LogP contribution in [-0.4, -0.2) is 31.3 Å². The lowest BCUT2D eigenvalue weighted by atomic mass is 10.2. The van der Waals surface area contributed by atoms with Crippen molar-refractivity contribution >= 4 is 74.5 Å². The van der Waals surface area contributed by atoms with Gasteiger partial charge in [0.1, 0.15) is 14.4 Å². The maximum Gasteiger partial charge on any atom is 0.263 e. The van der Waals surface area contributed by atoms with Gasteiger partial charge in [0.15, 0.2) is 0 Å². The normalized spacial score (nSPS) is 18.8. The molecule has 22 heavy (non-hydrogen) atoms. The molecular weight excluding hydrogens is 360 g/mol. The highest BCUT2D eigenvalue weighted by Crippen LogP contribution is 2.26. The first-order chi connectivity index (χ1) is 10.4. The predicted molar refractivity (Wildman–Crippen MR) is 97.6 cm³/mol. The van der Waals surface area contributed by atoms with Crippen molar-refractivity contribution in [2.75, 3.05) is 5.75 Å². The SMILES string of the molecule is O=C1CSC(=S)N1.O=C1NC(=S)S/C1=C\c1ccc(O)cc1. The fourth-order valence-electron chi connectivity index (χ4n) is 1.46. The number of thiocarbonyl (C=S) groups is 2. The minimum Gasteiger partial charge on any atom is -0.508 e. The van der Waals surface area contributed by atoms with Crippen molar-refractivity contribution in [2.24, 2.45) is 0 Å². The van der Waals surface area contributed by atoms with Crippen molar-refractivity contribution < 1.29 is 14.7 Å². The molecule has 5 nitrogen and oxygen atoms in total. The van der Waals surface area contributed by atoms with Crippen LogP contribution in [-0.2, 0) is 9.59 Å². The Labute approximate surface area is 145 Å². The van der Waals surface area contributed by atoms with E-state index in [0.29, 0.717) is 19.3 Å². The number of amides is 2. The zero-order chi connectivity index (χ0) is 16.1. The Hall–Kier alpha value is -1.42. The van der Waals surface area contributed by atoms with Gasteiger partial charge in [-0.05, 0) is 23.8 Å². The van der Waals surface area contributed by atoms with E-state index < -0.39 is 0 Å². The highest BCUT2D eigenvalue weighted by molar-refractivity contribution is 8.26. The number of aromatic hydroxyl groups is 1. The first-order valence-corrected chi connectivity index (χ1v) is 8.56. The van der Waals surface area contributed by atoms with Gasteiger partial charge in [-0.25, -0.2) is 0 Å². The number of phenols is 1. The van der Waals surface area contributed by atoms with Gasteiger partial charge < -0.3 is 15.7 Å². The lowest BCUT2D eigenvalue weighted by molar-refractivity contribution is -0.117. The topological polar surface area (TPSA) is 78.4 Å². The third-order valence-corrected chi connectivity index (χ3v) is 4.80. The summed E-state index contributed by atoms with van der Waals surface area (Å²) in [7, 11) is 0. The second-order valence-corrected chi connectivity index (χ2v) is 7.44. The van der Waals surface area contributed by atoms with Crippen LogP contribution in [0.15, 0.2) is 29.2 Å². The molecule has 2 aliphatic rings. The molecule has 9 heteroatoms. The number of carbonyl (C=O) groups is 2. The summed E-state index contributed by atoms with van der Waals surface area (Å²) in [6.45, 7) is 0. The lowest BCUT2D eigenvalue weighted by Gasteiger charge is -1.95. The summed E-state index contributed by atoms with van der Waals surface area (Å²) in [4.78, 5) is 22.1. The number of rotatable bonds is 1. The van der Waals surface area contributed by atoms with Gasteiger partial charge in [0.25, 0.3) is 5.91 Å². The van der Waals surface area contributed by atoms with E-state index in [4.69, 9.17) is 17.3 Å². The Balaban J connectivity index is 0.000000211. The summed E-state index contributed by atoms with van der Waals surface area (Å²) in [6.07, 6.45) is 1.73. The maximum atomic E-state index is 11.3. The summed E-state index contributed by atoms with van der Waals surface area (Å²) in [6, 6.07) is 6.61. The van der Waals surface area contributed by atoms with Gasteiger partial charge in [-0.1, -0.05) is 60.1 Å². The molecule has 0 unspecified atom stereocenters. The Kier molecular flexibility index (Phi) is 5.95. The van der Waals surface area contributed by atoms with E-state index in [9.17, 15) is 9.59 Å². The average Bonchev–Trinajstić information content (AvgIpc) is 2.98. The molecule has 2 saturated heterocycles. The van der Waals surface area contributed by atoms with Gasteiger partial charge in [-0.15, -0.1) is 0 Å². The monoisotopic (exact) mass is 370 g/mol. The van der Waals surface area contributed by atoms with Crippen LogP contribution in [0.1, 0.15) is 5.56 Å². The average molecular weight is 371 g/mol. The number of carbonyl (C=O) groups excluding carboxylic acids is 2. The second-order valence-electron chi connectivity index (χ2n) is 4.07. The van der Waals surface area contributed by atoms with Gasteiger partial charge in [0.2, 0.25) is 5.91 Å². The van der Waals surface area contributed by atoms with Crippen LogP contribution in [0, 0.1) is 0 Å². The van der Waals surface area contributed by atoms with Gasteiger partial charge in [0, 0.05) is 0 Å². The molecule has 0 aliphatic carbocycles. The molecule has 2 amide bonds. The van der Waals surface area contributed by atoms with Gasteiger partial charge in [0.05, 0.1) is 10.7 Å². The summed E-state index contributed by atoms with van der Waals surface area (Å²) in [5.41, 5.74) is 0.857. The second kappa shape index (κ2) is 7.73. The van der Waals surface area contributed by atoms with Crippen molar-refractivity contribution in [3.05, 3.63) is 34.7 Å². The number of hydrogen-bond acceptors (Lipinski definition) is 7. The van der Waals surface area contributed by atoms with Crippen molar-refractivity contribution in [3.63, 3.8) is 0 Å². The Morgan fingerprint density at radius 1 is 1.09 bits per heavy atom. The zero-order valence-corrected chi connectivity index (χ0v) is 14.3. The van der Waals surface area contributed by atoms with E-state index >= 15 is 0 Å². The van der Waals surface area contributed by atoms with E-state index in [-0.39, 0.29) is 17.6 Å². The van der Waals surface area contributed by atoms with Crippen LogP contribution in [0.2, 0.25) is 0 Å². The molecule has 114 valence electrons. The van der Waals surface area contributed by atoms with Crippen LogP contribution >= 0.6 is 48.0 Å². The molecule has 2 heterocycles. The highest BCUT2D eigenvalue weighted by atomic mass is 32.2. The Morgan fingerprint density at radius 3 is 2.18 bits per heavy atom. The molecular formula is C13H10N2O3S4. The van der Waals surface area contributed by atoms with Crippen molar-refractivity contribution in [1.82, 2.24) is 10.6 Å². The van der Waals surface area contributed by atoms with Crippen LogP contribution < -0.4 is 10.6 Å². The van der Waals surface area contributed by atoms with Crippen molar-refractivity contribution in [1.29, 1.82) is 0 Å². The molecule has 2 aliphatic heterocycles. The molecule has 0 atom stereocenters. The van der Waals surface area contributed by atoms with Crippen LogP contribution in [0.5, 0.6) is 5.75 Å². The lowest BCUT2D eigenvalue weighted by Crippen LogP contribution is -2.18. The molecule has 1 aromatic carbocycles. The predicted octanol–water partition coefficient (Wildman–Crippen LogP) is 2.02. The summed E-state index contributed by atoms with van der Waals surface area (Å²) < 4.78 is 1.08. The van der Waals surface area contributed by atoms with E-state index in [1.165, 1.54) is 23.5 Å². The Bertz CT molecular complexity index is 656. The minimum absolute atomic E-state index is 0.0231. The maximum absolute atomic E-state index is 11.3. The van der Waals surface area contributed by atoms with Gasteiger partial charge in [-0.2, -0.15) is 0 Å². The first kappa shape index (κ1) is 16.9. The molecule has 0 bridgehead atoms. The highest BCUT2D eigenvalue weighted by Gasteiger charge is 2.21. The van der Waals surface area contributed by atoms with E-state index in [0.717, 1.165) is 5.56 Å². The molecule has 0 saturated carbocycles. The van der Waals surface area contributed by atoms with Crippen molar-refractivity contribution in [3.8, 4) is 5.75 Å². The number of phenolic OH excluding ortho intramolecular Hbond substituents is 1. The van der Waals surface area contributed by atoms with Gasteiger partial charge >= 0.3 is 0 Å². The van der Waals surface area contributed by atoms with E-state index in [1.54, 1.807) is 30.3 Å². The molecule has 3 N–H and O–H groups in total. The van der Waals surface area contributed by atoms with Crippen LogP contribution in [0.25, 0.3) is 6.08 Å². The van der Waals surface area contributed by atoms with E-state index in [2.05, 4.69) is 22.9 Å². The first-order valence-electron chi connectivity index (χ1n) is 5.94. The summed E-state index contributed by atoms with van der Waals surface area (Å²) in [5, 5.41) is 14.1. The number of thioether (sulfide) groups is 2. The molecule has 3 rings (SSSR count). The van der Waals surface area contributed by atoms with Gasteiger partial charge in [-0.3, -0.25) is 9.59 Å². The molecule has 0 radical (unpaired) electrons. The van der Waals surface area contributed by atoms with Crippen LogP contribution in [0.4, 0.5) is 0 Å². The molecule has 0 spiro atoms. The fraction of sp³-hybridized carbons (Fsp3) is 0.0769.